The van der Waals surface area contributed by atoms with Crippen molar-refractivity contribution in [2.75, 3.05) is 19.8 Å². The van der Waals surface area contributed by atoms with E-state index in [0.29, 0.717) is 12.8 Å². The van der Waals surface area contributed by atoms with Crippen LogP contribution >= 0.6 is 0 Å². The number of carbonyl (C=O) groups excluding carboxylic acids is 1. The molecule has 78 heavy (non-hydrogen) atoms. The number of aliphatic hydroxyl groups is 8. The summed E-state index contributed by atoms with van der Waals surface area (Å²) < 4.78 is 22.9. The maximum absolute atomic E-state index is 13.3. The molecule has 2 saturated heterocycles. The third-order valence-electron chi connectivity index (χ3n) is 14.9. The zero-order valence-corrected chi connectivity index (χ0v) is 48.6. The fraction of sp³-hybridized carbons (Fsp3) is 0.797. The Hall–Kier alpha value is -2.57. The van der Waals surface area contributed by atoms with Crippen LogP contribution in [0.4, 0.5) is 0 Å². The van der Waals surface area contributed by atoms with Crippen molar-refractivity contribution in [1.29, 1.82) is 0 Å². The molecule has 12 atom stereocenters. The number of nitrogens with one attached hydrogen (secondary N) is 1. The molecule has 0 aromatic carbocycles. The molecule has 14 heteroatoms. The second-order valence-electron chi connectivity index (χ2n) is 21.8. The summed E-state index contributed by atoms with van der Waals surface area (Å²) >= 11 is 0. The van der Waals surface area contributed by atoms with Crippen LogP contribution in [-0.2, 0) is 23.7 Å². The van der Waals surface area contributed by atoms with Gasteiger partial charge in [-0.1, -0.05) is 234 Å². The lowest BCUT2D eigenvalue weighted by Gasteiger charge is -2.46. The lowest BCUT2D eigenvalue weighted by atomic mass is 9.97. The van der Waals surface area contributed by atoms with Crippen molar-refractivity contribution < 1.29 is 64.6 Å². The number of unbranched alkanes of at least 4 members (excludes halogenated alkanes) is 24. The van der Waals surface area contributed by atoms with Gasteiger partial charge < -0.3 is 65.1 Å². The Morgan fingerprint density at radius 1 is 0.474 bits per heavy atom. The molecule has 2 aliphatic rings. The summed E-state index contributed by atoms with van der Waals surface area (Å²) in [5.41, 5.74) is 0. The SMILES string of the molecule is CC/C=C\C/C=C\C/C=C\C/C=C\C/C=C\C/C=C\CCCCCCCCC(=O)NC(COC1OC(CO)C(OC2OC(CO)C(O)C(O)C2O)C(O)C1O)C(O)CCCCCCCCCCCCCCCCCCCCC. The van der Waals surface area contributed by atoms with E-state index in [2.05, 4.69) is 92.1 Å². The molecule has 0 aromatic heterocycles. The lowest BCUT2D eigenvalue weighted by molar-refractivity contribution is -0.359. The van der Waals surface area contributed by atoms with Gasteiger partial charge in [0.15, 0.2) is 12.6 Å². The van der Waals surface area contributed by atoms with E-state index in [9.17, 15) is 45.6 Å². The van der Waals surface area contributed by atoms with E-state index in [-0.39, 0.29) is 18.9 Å². The Labute approximate surface area is 472 Å². The van der Waals surface area contributed by atoms with Crippen LogP contribution < -0.4 is 5.32 Å². The number of ether oxygens (including phenoxy) is 4. The van der Waals surface area contributed by atoms with Gasteiger partial charge in [-0.05, 0) is 64.2 Å². The molecule has 0 aromatic rings. The molecule has 2 rings (SSSR count). The van der Waals surface area contributed by atoms with Gasteiger partial charge in [0.05, 0.1) is 32.0 Å². The summed E-state index contributed by atoms with van der Waals surface area (Å²) in [6.45, 7) is 2.75. The zero-order valence-electron chi connectivity index (χ0n) is 48.6. The van der Waals surface area contributed by atoms with E-state index in [0.717, 1.165) is 103 Å². The van der Waals surface area contributed by atoms with E-state index >= 15 is 0 Å². The van der Waals surface area contributed by atoms with Gasteiger partial charge in [-0.25, -0.2) is 0 Å². The first-order valence-corrected chi connectivity index (χ1v) is 31.2. The topological polar surface area (TPSA) is 228 Å². The number of aliphatic hydroxyl groups excluding tert-OH is 8. The third-order valence-corrected chi connectivity index (χ3v) is 14.9. The highest BCUT2D eigenvalue weighted by atomic mass is 16.7. The van der Waals surface area contributed by atoms with Crippen molar-refractivity contribution in [2.45, 2.75) is 306 Å². The lowest BCUT2D eigenvalue weighted by Crippen LogP contribution is -2.65. The largest absolute Gasteiger partial charge is 0.394 e. The highest BCUT2D eigenvalue weighted by Gasteiger charge is 2.51. The Bertz CT molecular complexity index is 1580. The predicted octanol–water partition coefficient (Wildman–Crippen LogP) is 11.1. The fourth-order valence-electron chi connectivity index (χ4n) is 9.95. The molecule has 2 fully saturated rings. The summed E-state index contributed by atoms with van der Waals surface area (Å²) in [5, 5.41) is 87.4. The minimum absolute atomic E-state index is 0.222. The van der Waals surface area contributed by atoms with Crippen LogP contribution in [-0.4, -0.2) is 140 Å². The average Bonchev–Trinajstić information content (AvgIpc) is 3.44. The molecule has 0 radical (unpaired) electrons. The molecule has 12 unspecified atom stereocenters. The fourth-order valence-corrected chi connectivity index (χ4v) is 9.95. The molecular formula is C64H113NO13. The van der Waals surface area contributed by atoms with Crippen LogP contribution in [0.3, 0.4) is 0 Å². The zero-order chi connectivity index (χ0) is 56.7. The first-order chi connectivity index (χ1) is 38.1. The van der Waals surface area contributed by atoms with E-state index in [1.165, 1.54) is 96.3 Å². The minimum atomic E-state index is -1.79. The molecule has 14 nitrogen and oxygen atoms in total. The second kappa shape index (κ2) is 49.1. The molecule has 0 spiro atoms. The Morgan fingerprint density at radius 2 is 0.885 bits per heavy atom. The average molecular weight is 1100 g/mol. The predicted molar refractivity (Wildman–Crippen MR) is 313 cm³/mol. The number of allylic oxidation sites excluding steroid dienone is 12. The molecule has 0 aliphatic carbocycles. The highest BCUT2D eigenvalue weighted by molar-refractivity contribution is 5.76. The highest BCUT2D eigenvalue weighted by Crippen LogP contribution is 2.30. The van der Waals surface area contributed by atoms with E-state index in [1.807, 2.05) is 0 Å². The van der Waals surface area contributed by atoms with Crippen molar-refractivity contribution in [1.82, 2.24) is 5.32 Å². The van der Waals surface area contributed by atoms with Crippen LogP contribution in [0.2, 0.25) is 0 Å². The van der Waals surface area contributed by atoms with Crippen molar-refractivity contribution in [3.8, 4) is 0 Å². The van der Waals surface area contributed by atoms with E-state index < -0.39 is 86.8 Å². The van der Waals surface area contributed by atoms with Crippen molar-refractivity contribution in [3.05, 3.63) is 72.9 Å². The molecule has 9 N–H and O–H groups in total. The maximum atomic E-state index is 13.3. The number of hydrogen-bond acceptors (Lipinski definition) is 13. The Morgan fingerprint density at radius 3 is 1.36 bits per heavy atom. The van der Waals surface area contributed by atoms with Crippen LogP contribution in [0.1, 0.15) is 232 Å². The Balaban J connectivity index is 1.75. The summed E-state index contributed by atoms with van der Waals surface area (Å²) in [5.74, 6) is -0.222. The molecule has 0 saturated carbocycles. The number of carbonyl (C=O) groups is 1. The van der Waals surface area contributed by atoms with E-state index in [4.69, 9.17) is 18.9 Å². The van der Waals surface area contributed by atoms with Gasteiger partial charge in [0, 0.05) is 6.42 Å². The first-order valence-electron chi connectivity index (χ1n) is 31.2. The van der Waals surface area contributed by atoms with Gasteiger partial charge in [-0.2, -0.15) is 0 Å². The molecule has 452 valence electrons. The van der Waals surface area contributed by atoms with Crippen molar-refractivity contribution in [3.63, 3.8) is 0 Å². The monoisotopic (exact) mass is 1100 g/mol. The van der Waals surface area contributed by atoms with Crippen LogP contribution in [0.5, 0.6) is 0 Å². The number of hydrogen-bond donors (Lipinski definition) is 9. The van der Waals surface area contributed by atoms with Gasteiger partial charge in [0.2, 0.25) is 5.91 Å². The third kappa shape index (κ3) is 34.0. The van der Waals surface area contributed by atoms with Gasteiger partial charge >= 0.3 is 0 Å². The van der Waals surface area contributed by atoms with E-state index in [1.54, 1.807) is 0 Å². The molecule has 2 aliphatic heterocycles. The summed E-state index contributed by atoms with van der Waals surface area (Å²) in [7, 11) is 0. The summed E-state index contributed by atoms with van der Waals surface area (Å²) in [6.07, 6.45) is 47.5. The van der Waals surface area contributed by atoms with Gasteiger partial charge in [-0.3, -0.25) is 4.79 Å². The normalized spacial score (nSPS) is 25.1. The smallest absolute Gasteiger partial charge is 0.220 e. The Kier molecular flexibility index (Phi) is 45.0. The molecule has 1 amide bonds. The number of amides is 1. The second-order valence-corrected chi connectivity index (χ2v) is 21.8. The van der Waals surface area contributed by atoms with Crippen molar-refractivity contribution in [2.24, 2.45) is 0 Å². The maximum Gasteiger partial charge on any atom is 0.220 e. The molecule has 2 heterocycles. The van der Waals surface area contributed by atoms with Crippen LogP contribution in [0.15, 0.2) is 72.9 Å². The first kappa shape index (κ1) is 71.5. The summed E-state index contributed by atoms with van der Waals surface area (Å²) in [4.78, 5) is 13.3. The summed E-state index contributed by atoms with van der Waals surface area (Å²) in [6, 6.07) is -0.842. The van der Waals surface area contributed by atoms with Gasteiger partial charge in [-0.15, -0.1) is 0 Å². The quantitative estimate of drug-likeness (QED) is 0.0204. The van der Waals surface area contributed by atoms with Gasteiger partial charge in [0.25, 0.3) is 0 Å². The standard InChI is InChI=1S/C64H113NO13/c1-3-5-7-9-11-13-15-17-19-21-23-24-25-26-27-28-30-32-34-36-38-40-42-44-46-48-56(69)65-52(53(68)47-45-43-41-39-37-35-33-31-29-22-20-18-16-14-12-10-8-6-4-2)51-75-63-61(74)59(72)62(55(50-67)77-63)78-64-60(73)58(71)57(70)54(49-66)76-64/h5,7,11,13,17,19,23-24,26-27,30,32,52-55,57-64,66-68,70-74H,3-4,6,8-10,12,14-16,18,20-22,25,28-29,31,33-51H2,1-2H3,(H,65,69)/b7-5-,13-11-,19-17-,24-23-,27-26-,32-30-. The molecular weight excluding hydrogens is 991 g/mol. The van der Waals surface area contributed by atoms with Crippen LogP contribution in [0.25, 0.3) is 0 Å². The van der Waals surface area contributed by atoms with Crippen LogP contribution in [0, 0.1) is 0 Å². The minimum Gasteiger partial charge on any atom is -0.394 e. The number of rotatable bonds is 49. The van der Waals surface area contributed by atoms with Crippen molar-refractivity contribution >= 4 is 5.91 Å². The molecule has 0 bridgehead atoms. The van der Waals surface area contributed by atoms with Gasteiger partial charge in [0.1, 0.15) is 48.8 Å².